The lowest BCUT2D eigenvalue weighted by atomic mass is 9.42. The average Bonchev–Trinajstić information content (AvgIpc) is 2.39. The van der Waals surface area contributed by atoms with Crippen molar-refractivity contribution in [3.63, 3.8) is 0 Å². The summed E-state index contributed by atoms with van der Waals surface area (Å²) in [5, 5.41) is 9.13. The molecule has 0 aliphatic heterocycles. The molecule has 0 heterocycles. The molecule has 1 N–H and O–H groups in total. The van der Waals surface area contributed by atoms with Gasteiger partial charge in [-0.25, -0.2) is 0 Å². The molecule has 0 bridgehead atoms. The van der Waals surface area contributed by atoms with Crippen LogP contribution >= 0.6 is 0 Å². The number of Topliss-reactive ketones (excluding diaryl/α,β-unsaturated/α-hetero) is 1. The highest BCUT2D eigenvalue weighted by atomic mass is 16.2. The Kier molecular flexibility index (Phi) is 1.03. The number of hydrogen-bond acceptors (Lipinski definition) is 2. The summed E-state index contributed by atoms with van der Waals surface area (Å²) in [5.74, 6) is 2.65. The molecule has 0 amide bonds. The Hall–Kier alpha value is -0.790. The van der Waals surface area contributed by atoms with Gasteiger partial charge >= 0.3 is 0 Å². The molecule has 4 saturated carbocycles. The molecular weight excluding hydrogens is 176 g/mol. The second kappa shape index (κ2) is 1.93. The SMILES string of the molecule is O=C1/C(=C\O)C2CC3CCC4CC1C432. The zero-order valence-corrected chi connectivity index (χ0v) is 8.07. The summed E-state index contributed by atoms with van der Waals surface area (Å²) < 4.78 is 0. The summed E-state index contributed by atoms with van der Waals surface area (Å²) in [5.41, 5.74) is 1.13. The van der Waals surface area contributed by atoms with Gasteiger partial charge in [-0.05, 0) is 48.9 Å². The van der Waals surface area contributed by atoms with Crippen LogP contribution in [0.2, 0.25) is 0 Å². The van der Waals surface area contributed by atoms with Crippen LogP contribution in [0, 0.1) is 29.1 Å². The summed E-state index contributed by atoms with van der Waals surface area (Å²) in [6, 6.07) is 0. The molecule has 4 rings (SSSR count). The van der Waals surface area contributed by atoms with E-state index in [2.05, 4.69) is 0 Å². The van der Waals surface area contributed by atoms with Crippen LogP contribution in [0.15, 0.2) is 11.8 Å². The Labute approximate surface area is 83.0 Å². The van der Waals surface area contributed by atoms with Gasteiger partial charge in [0, 0.05) is 11.5 Å². The number of carbonyl (C=O) groups excluding carboxylic acids is 1. The topological polar surface area (TPSA) is 37.3 Å². The molecule has 1 spiro atoms. The molecule has 0 aromatic rings. The number of allylic oxidation sites excluding steroid dienone is 1. The summed E-state index contributed by atoms with van der Waals surface area (Å²) in [6.45, 7) is 0. The van der Waals surface area contributed by atoms with Crippen LogP contribution in [0.25, 0.3) is 0 Å². The van der Waals surface area contributed by atoms with Crippen molar-refractivity contribution in [1.82, 2.24) is 0 Å². The summed E-state index contributed by atoms with van der Waals surface area (Å²) >= 11 is 0. The normalized spacial score (nSPS) is 60.6. The molecule has 0 aromatic heterocycles. The molecule has 4 aliphatic carbocycles. The maximum Gasteiger partial charge on any atom is 0.165 e. The smallest absolute Gasteiger partial charge is 0.165 e. The fraction of sp³-hybridized carbons (Fsp3) is 0.750. The molecule has 74 valence electrons. The number of rotatable bonds is 0. The molecule has 5 unspecified atom stereocenters. The van der Waals surface area contributed by atoms with Gasteiger partial charge in [-0.3, -0.25) is 4.79 Å². The van der Waals surface area contributed by atoms with E-state index in [1.54, 1.807) is 0 Å². The second-order valence-electron chi connectivity index (χ2n) is 5.50. The predicted molar refractivity (Wildman–Crippen MR) is 50.6 cm³/mol. The first kappa shape index (κ1) is 7.49. The molecule has 0 radical (unpaired) electrons. The molecular formula is C12H14O2. The quantitative estimate of drug-likeness (QED) is 0.469. The molecule has 2 heteroatoms. The summed E-state index contributed by atoms with van der Waals surface area (Å²) in [7, 11) is 0. The van der Waals surface area contributed by atoms with Crippen LogP contribution in [0.1, 0.15) is 25.7 Å². The van der Waals surface area contributed by atoms with Gasteiger partial charge in [0.2, 0.25) is 0 Å². The minimum absolute atomic E-state index is 0.276. The number of aliphatic hydroxyl groups excluding tert-OH is 1. The average molecular weight is 190 g/mol. The zero-order chi connectivity index (χ0) is 9.50. The zero-order valence-electron chi connectivity index (χ0n) is 8.07. The van der Waals surface area contributed by atoms with E-state index in [9.17, 15) is 4.79 Å². The van der Waals surface area contributed by atoms with Crippen molar-refractivity contribution in [3.8, 4) is 0 Å². The predicted octanol–water partition coefficient (Wildman–Crippen LogP) is 2.06. The molecule has 14 heavy (non-hydrogen) atoms. The van der Waals surface area contributed by atoms with Gasteiger partial charge in [0.1, 0.15) is 0 Å². The molecule has 5 atom stereocenters. The fourth-order valence-electron chi connectivity index (χ4n) is 5.17. The monoisotopic (exact) mass is 190 g/mol. The van der Waals surface area contributed by atoms with Gasteiger partial charge < -0.3 is 5.11 Å². The largest absolute Gasteiger partial charge is 0.515 e. The molecule has 0 aromatic carbocycles. The number of aliphatic hydroxyl groups is 1. The third kappa shape index (κ3) is 0.464. The Balaban J connectivity index is 1.88. The molecule has 4 aliphatic rings. The van der Waals surface area contributed by atoms with Crippen LogP contribution in [0.3, 0.4) is 0 Å². The first-order chi connectivity index (χ1) is 6.80. The van der Waals surface area contributed by atoms with Gasteiger partial charge in [0.15, 0.2) is 5.78 Å². The fourth-order valence-corrected chi connectivity index (χ4v) is 5.17. The Bertz CT molecular complexity index is 363. The maximum absolute atomic E-state index is 11.9. The first-order valence-electron chi connectivity index (χ1n) is 5.68. The highest BCUT2D eigenvalue weighted by Crippen LogP contribution is 2.80. The van der Waals surface area contributed by atoms with E-state index < -0.39 is 0 Å². The van der Waals surface area contributed by atoms with Crippen LogP contribution in [0.5, 0.6) is 0 Å². The van der Waals surface area contributed by atoms with E-state index in [-0.39, 0.29) is 5.78 Å². The second-order valence-corrected chi connectivity index (χ2v) is 5.50. The van der Waals surface area contributed by atoms with Crippen molar-refractivity contribution >= 4 is 5.78 Å². The van der Waals surface area contributed by atoms with Crippen molar-refractivity contribution in [2.45, 2.75) is 25.7 Å². The first-order valence-corrected chi connectivity index (χ1v) is 5.68. The Morgan fingerprint density at radius 2 is 1.86 bits per heavy atom. The highest BCUT2D eigenvalue weighted by Gasteiger charge is 2.77. The van der Waals surface area contributed by atoms with Gasteiger partial charge in [-0.1, -0.05) is 0 Å². The van der Waals surface area contributed by atoms with Gasteiger partial charge in [0.25, 0.3) is 0 Å². The maximum atomic E-state index is 11.9. The lowest BCUT2D eigenvalue weighted by molar-refractivity contribution is -0.155. The van der Waals surface area contributed by atoms with E-state index in [0.29, 0.717) is 17.3 Å². The number of hydrogen-bond donors (Lipinski definition) is 1. The van der Waals surface area contributed by atoms with Crippen molar-refractivity contribution < 1.29 is 9.90 Å². The lowest BCUT2D eigenvalue weighted by Crippen LogP contribution is -2.57. The minimum Gasteiger partial charge on any atom is -0.515 e. The molecule has 0 saturated heterocycles. The number of ketones is 1. The van der Waals surface area contributed by atoms with Crippen LogP contribution < -0.4 is 0 Å². The molecule has 2 nitrogen and oxygen atoms in total. The van der Waals surface area contributed by atoms with Crippen molar-refractivity contribution in [2.75, 3.05) is 0 Å². The highest BCUT2D eigenvalue weighted by molar-refractivity contribution is 6.02. The van der Waals surface area contributed by atoms with Crippen molar-refractivity contribution in [1.29, 1.82) is 0 Å². The van der Waals surface area contributed by atoms with Crippen molar-refractivity contribution in [3.05, 3.63) is 11.8 Å². The van der Waals surface area contributed by atoms with E-state index in [0.717, 1.165) is 30.1 Å². The van der Waals surface area contributed by atoms with E-state index in [1.807, 2.05) is 0 Å². The van der Waals surface area contributed by atoms with Gasteiger partial charge in [-0.15, -0.1) is 0 Å². The van der Waals surface area contributed by atoms with Crippen molar-refractivity contribution in [2.24, 2.45) is 29.1 Å². The van der Waals surface area contributed by atoms with Crippen LogP contribution in [-0.4, -0.2) is 10.9 Å². The van der Waals surface area contributed by atoms with Gasteiger partial charge in [0.05, 0.1) is 6.26 Å². The lowest BCUT2D eigenvalue weighted by Gasteiger charge is -2.61. The van der Waals surface area contributed by atoms with Gasteiger partial charge in [-0.2, -0.15) is 0 Å². The van der Waals surface area contributed by atoms with E-state index >= 15 is 0 Å². The third-order valence-corrected chi connectivity index (χ3v) is 5.64. The Morgan fingerprint density at radius 1 is 1.21 bits per heavy atom. The number of carbonyl (C=O) groups is 1. The van der Waals surface area contributed by atoms with Crippen LogP contribution in [0.4, 0.5) is 0 Å². The standard InChI is InChI=1S/C12H14O2/c13-5-8-9-3-6-1-2-7-4-10(11(8)14)12(6,7)9/h5-7,9-10,13H,1-4H2/b8-5-. The van der Waals surface area contributed by atoms with E-state index in [4.69, 9.17) is 5.11 Å². The third-order valence-electron chi connectivity index (χ3n) is 5.64. The summed E-state index contributed by atoms with van der Waals surface area (Å²) in [4.78, 5) is 11.9. The minimum atomic E-state index is 0.276. The Morgan fingerprint density at radius 3 is 2.50 bits per heavy atom. The molecule has 4 fully saturated rings. The summed E-state index contributed by atoms with van der Waals surface area (Å²) in [6.07, 6.45) is 6.06. The van der Waals surface area contributed by atoms with E-state index in [1.165, 1.54) is 19.3 Å². The van der Waals surface area contributed by atoms with Crippen LogP contribution in [-0.2, 0) is 4.79 Å².